The minimum atomic E-state index is -1.28. The standard InChI is InChI=1S/C17H19FN2O4/c1-9(2)8-13(21)19-10(3)14-15(20-24-16(14)17(22)23)11-4-6-12(18)7-5-11/h4-7,9-10H,8H2,1-3H3,(H,19,21)(H,22,23). The quantitative estimate of drug-likeness (QED) is 0.844. The Morgan fingerprint density at radius 2 is 1.88 bits per heavy atom. The number of carboxylic acid groups (broad SMARTS) is 1. The molecule has 2 aromatic rings. The molecule has 1 aromatic heterocycles. The number of carbonyl (C=O) groups is 2. The van der Waals surface area contributed by atoms with E-state index in [0.29, 0.717) is 12.0 Å². The van der Waals surface area contributed by atoms with Crippen LogP contribution in [0.3, 0.4) is 0 Å². The first kappa shape index (κ1) is 17.7. The number of nitrogens with zero attached hydrogens (tertiary/aromatic N) is 1. The minimum absolute atomic E-state index is 0.176. The van der Waals surface area contributed by atoms with E-state index in [0.717, 1.165) is 0 Å². The summed E-state index contributed by atoms with van der Waals surface area (Å²) in [5.41, 5.74) is 1.03. The van der Waals surface area contributed by atoms with Crippen molar-refractivity contribution in [3.8, 4) is 11.3 Å². The monoisotopic (exact) mass is 334 g/mol. The van der Waals surface area contributed by atoms with E-state index in [1.54, 1.807) is 6.92 Å². The second kappa shape index (κ2) is 7.25. The lowest BCUT2D eigenvalue weighted by molar-refractivity contribution is -0.122. The van der Waals surface area contributed by atoms with Gasteiger partial charge >= 0.3 is 5.97 Å². The Labute approximate surface area is 138 Å². The number of carbonyl (C=O) groups excluding carboxylic acids is 1. The van der Waals surface area contributed by atoms with Crippen LogP contribution < -0.4 is 5.32 Å². The normalized spacial score (nSPS) is 12.2. The summed E-state index contributed by atoms with van der Waals surface area (Å²) in [6.45, 7) is 5.48. The molecule has 7 heteroatoms. The second-order valence-electron chi connectivity index (χ2n) is 5.97. The zero-order valence-corrected chi connectivity index (χ0v) is 13.7. The minimum Gasteiger partial charge on any atom is -0.475 e. The van der Waals surface area contributed by atoms with Crippen molar-refractivity contribution in [3.05, 3.63) is 41.4 Å². The van der Waals surface area contributed by atoms with E-state index in [1.165, 1.54) is 24.3 Å². The van der Waals surface area contributed by atoms with Gasteiger partial charge in [0.15, 0.2) is 0 Å². The molecule has 0 bridgehead atoms. The molecule has 6 nitrogen and oxygen atoms in total. The van der Waals surface area contributed by atoms with E-state index in [9.17, 15) is 19.1 Å². The molecule has 1 heterocycles. The highest BCUT2D eigenvalue weighted by atomic mass is 19.1. The molecular formula is C17H19FN2O4. The lowest BCUT2D eigenvalue weighted by atomic mass is 10.00. The molecule has 0 saturated heterocycles. The predicted octanol–water partition coefficient (Wildman–Crippen LogP) is 3.40. The lowest BCUT2D eigenvalue weighted by Crippen LogP contribution is -2.28. The van der Waals surface area contributed by atoms with Gasteiger partial charge in [-0.25, -0.2) is 9.18 Å². The fraction of sp³-hybridized carbons (Fsp3) is 0.353. The molecular weight excluding hydrogens is 315 g/mol. The van der Waals surface area contributed by atoms with E-state index in [2.05, 4.69) is 10.5 Å². The van der Waals surface area contributed by atoms with Gasteiger partial charge in [0.1, 0.15) is 11.5 Å². The summed E-state index contributed by atoms with van der Waals surface area (Å²) in [6.07, 6.45) is 0.323. The van der Waals surface area contributed by atoms with Gasteiger partial charge in [0, 0.05) is 12.0 Å². The van der Waals surface area contributed by atoms with Crippen LogP contribution in [0.2, 0.25) is 0 Å². The number of aromatic carboxylic acids is 1. The number of halogens is 1. The molecule has 24 heavy (non-hydrogen) atoms. The maximum Gasteiger partial charge on any atom is 0.375 e. The molecule has 1 aromatic carbocycles. The molecule has 128 valence electrons. The van der Waals surface area contributed by atoms with Gasteiger partial charge in [-0.05, 0) is 37.1 Å². The second-order valence-corrected chi connectivity index (χ2v) is 5.97. The highest BCUT2D eigenvalue weighted by Gasteiger charge is 2.28. The van der Waals surface area contributed by atoms with Crippen molar-refractivity contribution in [1.29, 1.82) is 0 Å². The third-order valence-corrected chi connectivity index (χ3v) is 3.44. The number of hydrogen-bond acceptors (Lipinski definition) is 4. The molecule has 0 aliphatic rings. The summed E-state index contributed by atoms with van der Waals surface area (Å²) in [6, 6.07) is 4.83. The Kier molecular flexibility index (Phi) is 5.33. The highest BCUT2D eigenvalue weighted by Crippen LogP contribution is 2.31. The number of benzene rings is 1. The first-order valence-corrected chi connectivity index (χ1v) is 7.57. The molecule has 1 unspecified atom stereocenters. The van der Waals surface area contributed by atoms with Crippen LogP contribution in [0.25, 0.3) is 11.3 Å². The van der Waals surface area contributed by atoms with Crippen LogP contribution in [0.1, 0.15) is 49.4 Å². The fourth-order valence-electron chi connectivity index (χ4n) is 2.41. The van der Waals surface area contributed by atoms with Gasteiger partial charge in [-0.2, -0.15) is 0 Å². The smallest absolute Gasteiger partial charge is 0.375 e. The number of rotatable bonds is 6. The summed E-state index contributed by atoms with van der Waals surface area (Å²) in [7, 11) is 0. The fourth-order valence-corrected chi connectivity index (χ4v) is 2.41. The summed E-state index contributed by atoms with van der Waals surface area (Å²) in [5, 5.41) is 15.8. The first-order valence-electron chi connectivity index (χ1n) is 7.57. The Balaban J connectivity index is 2.39. The lowest BCUT2D eigenvalue weighted by Gasteiger charge is -2.15. The number of nitrogens with one attached hydrogen (secondary N) is 1. The van der Waals surface area contributed by atoms with E-state index in [1.807, 2.05) is 13.8 Å². The van der Waals surface area contributed by atoms with E-state index in [4.69, 9.17) is 4.52 Å². The molecule has 0 aliphatic heterocycles. The van der Waals surface area contributed by atoms with E-state index in [-0.39, 0.29) is 28.8 Å². The molecule has 0 fully saturated rings. The SMILES string of the molecule is CC(C)CC(=O)NC(C)c1c(-c2ccc(F)cc2)noc1C(=O)O. The van der Waals surface area contributed by atoms with Crippen LogP contribution in [0, 0.1) is 11.7 Å². The maximum atomic E-state index is 13.1. The van der Waals surface area contributed by atoms with Crippen molar-refractivity contribution in [3.63, 3.8) is 0 Å². The Hall–Kier alpha value is -2.70. The Morgan fingerprint density at radius 1 is 1.25 bits per heavy atom. The van der Waals surface area contributed by atoms with Gasteiger partial charge in [0.2, 0.25) is 11.7 Å². The van der Waals surface area contributed by atoms with Gasteiger partial charge < -0.3 is 14.9 Å². The number of aromatic nitrogens is 1. The molecule has 2 N–H and O–H groups in total. The van der Waals surface area contributed by atoms with Gasteiger partial charge in [-0.1, -0.05) is 19.0 Å². The van der Waals surface area contributed by atoms with Gasteiger partial charge in [0.25, 0.3) is 0 Å². The molecule has 0 aliphatic carbocycles. The van der Waals surface area contributed by atoms with Crippen LogP contribution >= 0.6 is 0 Å². The van der Waals surface area contributed by atoms with Crippen molar-refractivity contribution in [1.82, 2.24) is 10.5 Å². The first-order chi connectivity index (χ1) is 11.3. The van der Waals surface area contributed by atoms with E-state index >= 15 is 0 Å². The zero-order valence-electron chi connectivity index (χ0n) is 13.7. The van der Waals surface area contributed by atoms with Crippen molar-refractivity contribution < 1.29 is 23.6 Å². The average molecular weight is 334 g/mol. The molecule has 1 atom stereocenters. The predicted molar refractivity (Wildman–Crippen MR) is 84.9 cm³/mol. The molecule has 0 spiro atoms. The van der Waals surface area contributed by atoms with Crippen molar-refractivity contribution in [2.45, 2.75) is 33.2 Å². The van der Waals surface area contributed by atoms with Crippen LogP contribution in [0.5, 0.6) is 0 Å². The van der Waals surface area contributed by atoms with Crippen LogP contribution in [0.15, 0.2) is 28.8 Å². The Bertz CT molecular complexity index is 738. The third kappa shape index (κ3) is 3.98. The summed E-state index contributed by atoms with van der Waals surface area (Å²) in [4.78, 5) is 23.4. The zero-order chi connectivity index (χ0) is 17.9. The van der Waals surface area contributed by atoms with Crippen LogP contribution in [-0.2, 0) is 4.79 Å². The van der Waals surface area contributed by atoms with Crippen LogP contribution in [0.4, 0.5) is 4.39 Å². The molecule has 0 radical (unpaired) electrons. The number of amides is 1. The molecule has 1 amide bonds. The summed E-state index contributed by atoms with van der Waals surface area (Å²) in [5.74, 6) is -2.06. The van der Waals surface area contributed by atoms with Crippen molar-refractivity contribution >= 4 is 11.9 Å². The summed E-state index contributed by atoms with van der Waals surface area (Å²) < 4.78 is 18.0. The highest BCUT2D eigenvalue weighted by molar-refractivity contribution is 5.89. The van der Waals surface area contributed by atoms with Crippen LogP contribution in [-0.4, -0.2) is 22.1 Å². The third-order valence-electron chi connectivity index (χ3n) is 3.44. The van der Waals surface area contributed by atoms with Crippen molar-refractivity contribution in [2.75, 3.05) is 0 Å². The van der Waals surface area contributed by atoms with Gasteiger partial charge in [-0.3, -0.25) is 4.79 Å². The van der Waals surface area contributed by atoms with Gasteiger partial charge in [-0.15, -0.1) is 0 Å². The maximum absolute atomic E-state index is 13.1. The molecule has 0 saturated carbocycles. The number of carboxylic acids is 1. The molecule has 2 rings (SSSR count). The van der Waals surface area contributed by atoms with E-state index < -0.39 is 17.8 Å². The summed E-state index contributed by atoms with van der Waals surface area (Å²) >= 11 is 0. The Morgan fingerprint density at radius 3 is 2.42 bits per heavy atom. The van der Waals surface area contributed by atoms with Crippen molar-refractivity contribution in [2.24, 2.45) is 5.92 Å². The topological polar surface area (TPSA) is 92.4 Å². The number of hydrogen-bond donors (Lipinski definition) is 2. The largest absolute Gasteiger partial charge is 0.475 e. The average Bonchev–Trinajstić information content (AvgIpc) is 2.92. The van der Waals surface area contributed by atoms with Gasteiger partial charge in [0.05, 0.1) is 11.6 Å².